The topological polar surface area (TPSA) is 107 Å². The third kappa shape index (κ3) is 7.97. The summed E-state index contributed by atoms with van der Waals surface area (Å²) in [4.78, 5) is 25.1. The van der Waals surface area contributed by atoms with E-state index < -0.39 is 29.9 Å². The Morgan fingerprint density at radius 3 is 2.24 bits per heavy atom. The number of benzene rings is 3. The molecule has 0 spiro atoms. The largest absolute Gasteiger partial charge is 0.574 e. The highest BCUT2D eigenvalue weighted by atomic mass is 19.4. The summed E-state index contributed by atoms with van der Waals surface area (Å²) < 4.78 is 79.6. The number of carboxylic acid groups (broad SMARTS) is 1. The number of aromatic nitrogens is 1. The number of halogens is 5. The zero-order chi connectivity index (χ0) is 32.7. The smallest absolute Gasteiger partial charge is 0.478 e. The van der Waals surface area contributed by atoms with Crippen LogP contribution >= 0.6 is 0 Å². The number of piperidine rings is 1. The summed E-state index contributed by atoms with van der Waals surface area (Å²) in [6.07, 6.45) is -4.30. The number of aromatic carboxylic acids is 1. The molecule has 0 unspecified atom stereocenters. The number of methoxy groups -OCH3 is 1. The predicted molar refractivity (Wildman–Crippen MR) is 156 cm³/mol. The van der Waals surface area contributed by atoms with Crippen LogP contribution in [-0.2, 0) is 17.8 Å². The van der Waals surface area contributed by atoms with Gasteiger partial charge in [0.1, 0.15) is 17.2 Å². The normalized spacial score (nSPS) is 13.8. The number of nitrogens with two attached hydrogens (primary N) is 1. The number of hydrogen-bond acceptors (Lipinski definition) is 5. The van der Waals surface area contributed by atoms with Gasteiger partial charge < -0.3 is 29.8 Å². The van der Waals surface area contributed by atoms with E-state index in [0.717, 1.165) is 16.2 Å². The molecule has 0 radical (unpaired) electrons. The molecule has 1 aromatic heterocycles. The third-order valence-corrected chi connectivity index (χ3v) is 7.47. The summed E-state index contributed by atoms with van der Waals surface area (Å²) in [5.74, 6) is -3.70. The number of alkyl halides is 3. The van der Waals surface area contributed by atoms with Crippen molar-refractivity contribution in [2.24, 2.45) is 5.73 Å². The summed E-state index contributed by atoms with van der Waals surface area (Å²) in [6, 6.07) is 16.8. The van der Waals surface area contributed by atoms with Gasteiger partial charge in [0.15, 0.2) is 0 Å². The lowest BCUT2D eigenvalue weighted by atomic mass is 9.88. The van der Waals surface area contributed by atoms with Gasteiger partial charge in [-0.15, -0.1) is 13.2 Å². The molecular formula is C32H32F5N3O5. The first kappa shape index (κ1) is 33.4. The lowest BCUT2D eigenvalue weighted by Crippen LogP contribution is -2.38. The van der Waals surface area contributed by atoms with Crippen LogP contribution in [0.4, 0.5) is 22.0 Å². The van der Waals surface area contributed by atoms with Crippen molar-refractivity contribution in [1.82, 2.24) is 9.47 Å². The molecule has 4 aromatic rings. The van der Waals surface area contributed by atoms with E-state index in [9.17, 15) is 31.5 Å². The van der Waals surface area contributed by atoms with Gasteiger partial charge in [-0.05, 0) is 54.2 Å². The molecule has 1 saturated heterocycles. The molecule has 3 N–H and O–H groups in total. The average Bonchev–Trinajstić information content (AvgIpc) is 3.33. The molecule has 1 fully saturated rings. The van der Waals surface area contributed by atoms with Gasteiger partial charge in [-0.1, -0.05) is 42.5 Å². The Kier molecular flexibility index (Phi) is 10.8. The fourth-order valence-electron chi connectivity index (χ4n) is 5.33. The summed E-state index contributed by atoms with van der Waals surface area (Å²) >= 11 is 0. The number of fused-ring (bicyclic) bond motifs is 1. The number of carboxylic acids is 1. The van der Waals surface area contributed by atoms with Gasteiger partial charge in [0.2, 0.25) is 5.88 Å². The molecule has 2 heterocycles. The Morgan fingerprint density at radius 2 is 1.67 bits per heavy atom. The molecule has 0 aliphatic carbocycles. The maximum absolute atomic E-state index is 14.8. The number of para-hydroxylation sites is 1. The Hall–Kier alpha value is -4.49. The molecule has 0 atom stereocenters. The molecule has 0 bridgehead atoms. The van der Waals surface area contributed by atoms with Crippen molar-refractivity contribution >= 4 is 22.8 Å². The minimum atomic E-state index is -5.11. The Balaban J connectivity index is 0.000000440. The lowest BCUT2D eigenvalue weighted by molar-refractivity contribution is -0.277. The number of carbonyl (C=O) groups is 2. The molecule has 1 aliphatic rings. The highest BCUT2D eigenvalue weighted by Crippen LogP contribution is 2.39. The minimum absolute atomic E-state index is 0.0131. The van der Waals surface area contributed by atoms with E-state index in [0.29, 0.717) is 24.0 Å². The molecule has 8 nitrogen and oxygen atoms in total. The van der Waals surface area contributed by atoms with Crippen LogP contribution in [0.5, 0.6) is 5.88 Å². The molecule has 240 valence electrons. The molecule has 0 saturated carbocycles. The van der Waals surface area contributed by atoms with Crippen molar-refractivity contribution in [2.75, 3.05) is 26.8 Å². The number of carbonyl (C=O) groups excluding carboxylic acids is 1. The number of ether oxygens (including phenoxy) is 2. The van der Waals surface area contributed by atoms with Crippen LogP contribution in [-0.4, -0.2) is 59.6 Å². The maximum atomic E-state index is 14.8. The van der Waals surface area contributed by atoms with Gasteiger partial charge in [0.05, 0.1) is 17.7 Å². The van der Waals surface area contributed by atoms with Crippen molar-refractivity contribution in [1.29, 1.82) is 0 Å². The molecular weight excluding hydrogens is 601 g/mol. The van der Waals surface area contributed by atoms with Crippen LogP contribution in [0.3, 0.4) is 0 Å². The van der Waals surface area contributed by atoms with Gasteiger partial charge in [-0.3, -0.25) is 4.79 Å². The first-order valence-corrected chi connectivity index (χ1v) is 14.1. The minimum Gasteiger partial charge on any atom is -0.478 e. The Labute approximate surface area is 255 Å². The highest BCUT2D eigenvalue weighted by molar-refractivity contribution is 6.10. The van der Waals surface area contributed by atoms with Crippen LogP contribution in [0.25, 0.3) is 10.9 Å². The number of hydrogen-bond donors (Lipinski definition) is 2. The predicted octanol–water partition coefficient (Wildman–Crippen LogP) is 6.33. The van der Waals surface area contributed by atoms with E-state index >= 15 is 0 Å². The molecule has 45 heavy (non-hydrogen) atoms. The summed E-state index contributed by atoms with van der Waals surface area (Å²) in [7, 11) is 1.36. The van der Waals surface area contributed by atoms with Crippen molar-refractivity contribution in [2.45, 2.75) is 38.2 Å². The van der Waals surface area contributed by atoms with Crippen LogP contribution in [0.1, 0.15) is 50.6 Å². The average molecular weight is 634 g/mol. The van der Waals surface area contributed by atoms with E-state index in [1.807, 2.05) is 0 Å². The SMILES string of the molecule is COCCn1c(OC(F)(F)F)c(C(=O)N2CCC(c3cc(CN)ccc3F)CC2)c2cccc(F)c21.O=C(O)c1ccccc1. The number of rotatable bonds is 8. The van der Waals surface area contributed by atoms with E-state index in [4.69, 9.17) is 15.6 Å². The zero-order valence-corrected chi connectivity index (χ0v) is 24.3. The van der Waals surface area contributed by atoms with E-state index in [1.54, 1.807) is 42.5 Å². The maximum Gasteiger partial charge on any atom is 0.574 e. The Morgan fingerprint density at radius 1 is 0.978 bits per heavy atom. The molecule has 3 aromatic carbocycles. The van der Waals surface area contributed by atoms with Crippen LogP contribution in [0.15, 0.2) is 66.7 Å². The van der Waals surface area contributed by atoms with E-state index in [-0.39, 0.29) is 61.0 Å². The van der Waals surface area contributed by atoms with Crippen LogP contribution in [0, 0.1) is 11.6 Å². The quantitative estimate of drug-likeness (QED) is 0.220. The van der Waals surface area contributed by atoms with Crippen molar-refractivity contribution in [3.05, 3.63) is 101 Å². The standard InChI is InChI=1S/C25H26F5N3O3.C7H6O2/c1-35-12-11-33-22-17(3-2-4-20(22)27)21(24(33)36-25(28,29)30)23(34)32-9-7-16(8-10-32)18-13-15(14-31)5-6-19(18)26;8-7(9)6-4-2-1-3-5-6/h2-6,13,16H,7-12,14,31H2,1H3;1-5H,(H,8,9). The highest BCUT2D eigenvalue weighted by Gasteiger charge is 2.38. The monoisotopic (exact) mass is 633 g/mol. The summed E-state index contributed by atoms with van der Waals surface area (Å²) in [6.45, 7) is 0.434. The first-order chi connectivity index (χ1) is 21.4. The van der Waals surface area contributed by atoms with E-state index in [2.05, 4.69) is 4.74 Å². The molecule has 1 aliphatic heterocycles. The van der Waals surface area contributed by atoms with Crippen LogP contribution < -0.4 is 10.5 Å². The summed E-state index contributed by atoms with van der Waals surface area (Å²) in [5.41, 5.74) is 6.74. The first-order valence-electron chi connectivity index (χ1n) is 14.1. The van der Waals surface area contributed by atoms with Crippen molar-refractivity contribution < 1.29 is 46.1 Å². The van der Waals surface area contributed by atoms with Gasteiger partial charge in [0, 0.05) is 38.7 Å². The number of amides is 1. The van der Waals surface area contributed by atoms with Crippen molar-refractivity contribution in [3.63, 3.8) is 0 Å². The van der Waals surface area contributed by atoms with Gasteiger partial charge in [-0.2, -0.15) is 0 Å². The van der Waals surface area contributed by atoms with Crippen molar-refractivity contribution in [3.8, 4) is 5.88 Å². The second-order valence-electron chi connectivity index (χ2n) is 10.3. The van der Waals surface area contributed by atoms with Crippen LogP contribution in [0.2, 0.25) is 0 Å². The number of likely N-dealkylation sites (tertiary alicyclic amines) is 1. The molecule has 5 rings (SSSR count). The lowest BCUT2D eigenvalue weighted by Gasteiger charge is -2.32. The van der Waals surface area contributed by atoms with Gasteiger partial charge in [-0.25, -0.2) is 13.6 Å². The number of nitrogens with zero attached hydrogens (tertiary/aromatic N) is 2. The fourth-order valence-corrected chi connectivity index (χ4v) is 5.33. The zero-order valence-electron chi connectivity index (χ0n) is 24.3. The third-order valence-electron chi connectivity index (χ3n) is 7.47. The second-order valence-corrected chi connectivity index (χ2v) is 10.3. The molecule has 13 heteroatoms. The molecule has 1 amide bonds. The second kappa shape index (κ2) is 14.5. The van der Waals surface area contributed by atoms with Gasteiger partial charge >= 0.3 is 12.3 Å². The van der Waals surface area contributed by atoms with Gasteiger partial charge in [0.25, 0.3) is 5.91 Å². The summed E-state index contributed by atoms with van der Waals surface area (Å²) in [5, 5.41) is 8.40. The Bertz CT molecular complexity index is 1630. The fraction of sp³-hybridized carbons (Fsp3) is 0.312. The van der Waals surface area contributed by atoms with E-state index in [1.165, 1.54) is 30.2 Å².